The predicted octanol–water partition coefficient (Wildman–Crippen LogP) is 4.56. The van der Waals surface area contributed by atoms with Crippen molar-refractivity contribution in [1.82, 2.24) is 9.78 Å². The molecule has 21 heavy (non-hydrogen) atoms. The molecule has 2 rings (SSSR count). The zero-order valence-electron chi connectivity index (χ0n) is 13.6. The lowest BCUT2D eigenvalue weighted by atomic mass is 10.0. The molecule has 0 aliphatic carbocycles. The van der Waals surface area contributed by atoms with Gasteiger partial charge in [0.25, 0.3) is 0 Å². The molecule has 0 bridgehead atoms. The first-order valence-electron chi connectivity index (χ1n) is 7.88. The molecule has 0 saturated heterocycles. The van der Waals surface area contributed by atoms with Crippen LogP contribution in [0.2, 0.25) is 0 Å². The molecule has 3 heteroatoms. The van der Waals surface area contributed by atoms with Crippen LogP contribution in [-0.4, -0.2) is 14.9 Å². The van der Waals surface area contributed by atoms with Gasteiger partial charge >= 0.3 is 0 Å². The fourth-order valence-corrected chi connectivity index (χ4v) is 2.57. The number of hydrogen-bond acceptors (Lipinski definition) is 2. The molecule has 1 N–H and O–H groups in total. The summed E-state index contributed by atoms with van der Waals surface area (Å²) in [6.45, 7) is 9.40. The van der Waals surface area contributed by atoms with E-state index in [1.54, 1.807) is 0 Å². The highest BCUT2D eigenvalue weighted by Gasteiger charge is 2.19. The lowest BCUT2D eigenvalue weighted by Gasteiger charge is -2.08. The fourth-order valence-electron chi connectivity index (χ4n) is 2.57. The van der Waals surface area contributed by atoms with Gasteiger partial charge in [-0.25, -0.2) is 0 Å². The quantitative estimate of drug-likeness (QED) is 0.845. The second kappa shape index (κ2) is 6.79. The number of hydrogen-bond donors (Lipinski definition) is 1. The maximum absolute atomic E-state index is 10.6. The van der Waals surface area contributed by atoms with E-state index in [0.717, 1.165) is 42.8 Å². The molecule has 1 aromatic heterocycles. The molecule has 2 aromatic rings. The normalized spacial score (nSPS) is 11.3. The van der Waals surface area contributed by atoms with Crippen molar-refractivity contribution in [3.8, 4) is 17.0 Å². The Hall–Kier alpha value is -1.77. The van der Waals surface area contributed by atoms with Gasteiger partial charge in [0.2, 0.25) is 0 Å². The standard InChI is InChI=1S/C18H26N2O/c1-5-6-10-20-17(15-9-7-8-14(4)12-15)18(21)16(19-20)11-13(2)3/h7-9,12-13,21H,5-6,10-11H2,1-4H3. The van der Waals surface area contributed by atoms with E-state index in [2.05, 4.69) is 44.9 Å². The molecule has 1 heterocycles. The largest absolute Gasteiger partial charge is 0.504 e. The zero-order chi connectivity index (χ0) is 15.4. The number of unbranched alkanes of at least 4 members (excludes halogenated alkanes) is 1. The summed E-state index contributed by atoms with van der Waals surface area (Å²) in [7, 11) is 0. The summed E-state index contributed by atoms with van der Waals surface area (Å²) in [6, 6.07) is 8.26. The minimum absolute atomic E-state index is 0.352. The summed E-state index contributed by atoms with van der Waals surface area (Å²) in [5.74, 6) is 0.834. The number of nitrogens with zero attached hydrogens (tertiary/aromatic N) is 2. The van der Waals surface area contributed by atoms with Crippen LogP contribution in [0, 0.1) is 12.8 Å². The van der Waals surface area contributed by atoms with E-state index in [1.807, 2.05) is 16.8 Å². The average Bonchev–Trinajstić information content (AvgIpc) is 2.72. The van der Waals surface area contributed by atoms with E-state index in [-0.39, 0.29) is 0 Å². The van der Waals surface area contributed by atoms with Crippen LogP contribution in [0.5, 0.6) is 5.75 Å². The second-order valence-electron chi connectivity index (χ2n) is 6.19. The van der Waals surface area contributed by atoms with E-state index in [9.17, 15) is 5.11 Å². The number of aryl methyl sites for hydroxylation is 2. The Labute approximate surface area is 127 Å². The highest BCUT2D eigenvalue weighted by Crippen LogP contribution is 2.34. The van der Waals surface area contributed by atoms with Crippen molar-refractivity contribution in [3.05, 3.63) is 35.5 Å². The van der Waals surface area contributed by atoms with E-state index in [0.29, 0.717) is 11.7 Å². The van der Waals surface area contributed by atoms with Crippen LogP contribution in [-0.2, 0) is 13.0 Å². The van der Waals surface area contributed by atoms with Crippen LogP contribution in [0.3, 0.4) is 0 Å². The van der Waals surface area contributed by atoms with Gasteiger partial charge < -0.3 is 5.11 Å². The number of aromatic nitrogens is 2. The summed E-state index contributed by atoms with van der Waals surface area (Å²) in [5.41, 5.74) is 3.92. The molecule has 0 fully saturated rings. The van der Waals surface area contributed by atoms with Gasteiger partial charge in [-0.2, -0.15) is 5.10 Å². The Balaban J connectivity index is 2.47. The van der Waals surface area contributed by atoms with Crippen molar-refractivity contribution in [3.63, 3.8) is 0 Å². The third-order valence-electron chi connectivity index (χ3n) is 3.61. The molecule has 0 atom stereocenters. The maximum Gasteiger partial charge on any atom is 0.164 e. The molecular weight excluding hydrogens is 260 g/mol. The minimum Gasteiger partial charge on any atom is -0.504 e. The van der Waals surface area contributed by atoms with Crippen LogP contribution < -0.4 is 0 Å². The van der Waals surface area contributed by atoms with Gasteiger partial charge in [-0.15, -0.1) is 0 Å². The van der Waals surface area contributed by atoms with Gasteiger partial charge in [0.1, 0.15) is 11.4 Å². The smallest absolute Gasteiger partial charge is 0.164 e. The van der Waals surface area contributed by atoms with Crippen LogP contribution >= 0.6 is 0 Å². The first kappa shape index (κ1) is 15.6. The van der Waals surface area contributed by atoms with Gasteiger partial charge in [0.05, 0.1) is 0 Å². The zero-order valence-corrected chi connectivity index (χ0v) is 13.6. The van der Waals surface area contributed by atoms with Gasteiger partial charge in [0.15, 0.2) is 5.75 Å². The monoisotopic (exact) mass is 286 g/mol. The van der Waals surface area contributed by atoms with Crippen LogP contribution in [0.25, 0.3) is 11.3 Å². The fraction of sp³-hybridized carbons (Fsp3) is 0.500. The molecular formula is C18H26N2O. The Bertz CT molecular complexity index is 599. The number of aromatic hydroxyl groups is 1. The SMILES string of the molecule is CCCCn1nc(CC(C)C)c(O)c1-c1cccc(C)c1. The summed E-state index contributed by atoms with van der Waals surface area (Å²) >= 11 is 0. The molecule has 0 aliphatic heterocycles. The van der Waals surface area contributed by atoms with E-state index < -0.39 is 0 Å². The van der Waals surface area contributed by atoms with Crippen LogP contribution in [0.4, 0.5) is 0 Å². The first-order chi connectivity index (χ1) is 10.0. The van der Waals surface area contributed by atoms with Crippen molar-refractivity contribution in [2.24, 2.45) is 5.92 Å². The number of rotatable bonds is 6. The third kappa shape index (κ3) is 3.66. The van der Waals surface area contributed by atoms with Gasteiger partial charge in [-0.1, -0.05) is 51.0 Å². The summed E-state index contributed by atoms with van der Waals surface area (Å²) < 4.78 is 1.98. The molecule has 3 nitrogen and oxygen atoms in total. The van der Waals surface area contributed by atoms with Crippen molar-refractivity contribution < 1.29 is 5.11 Å². The van der Waals surface area contributed by atoms with Crippen LogP contribution in [0.15, 0.2) is 24.3 Å². The molecule has 0 radical (unpaired) electrons. The van der Waals surface area contributed by atoms with Crippen molar-refractivity contribution in [2.75, 3.05) is 0 Å². The summed E-state index contributed by atoms with van der Waals surface area (Å²) in [6.07, 6.45) is 3.00. The van der Waals surface area contributed by atoms with Gasteiger partial charge in [-0.05, 0) is 31.7 Å². The molecule has 0 aliphatic rings. The highest BCUT2D eigenvalue weighted by atomic mass is 16.3. The highest BCUT2D eigenvalue weighted by molar-refractivity contribution is 5.68. The van der Waals surface area contributed by atoms with Gasteiger partial charge in [-0.3, -0.25) is 4.68 Å². The lowest BCUT2D eigenvalue weighted by molar-refractivity contribution is 0.464. The third-order valence-corrected chi connectivity index (χ3v) is 3.61. The first-order valence-corrected chi connectivity index (χ1v) is 7.88. The second-order valence-corrected chi connectivity index (χ2v) is 6.19. The maximum atomic E-state index is 10.6. The molecule has 0 unspecified atom stereocenters. The Morgan fingerprint density at radius 3 is 2.67 bits per heavy atom. The Morgan fingerprint density at radius 2 is 2.05 bits per heavy atom. The van der Waals surface area contributed by atoms with Crippen molar-refractivity contribution in [2.45, 2.75) is 53.5 Å². The van der Waals surface area contributed by atoms with E-state index in [1.165, 1.54) is 5.56 Å². The number of benzene rings is 1. The molecule has 0 saturated carbocycles. The topological polar surface area (TPSA) is 38.0 Å². The predicted molar refractivity (Wildman–Crippen MR) is 87.5 cm³/mol. The average molecular weight is 286 g/mol. The van der Waals surface area contributed by atoms with Crippen molar-refractivity contribution in [1.29, 1.82) is 0 Å². The molecule has 114 valence electrons. The summed E-state index contributed by atoms with van der Waals surface area (Å²) in [5, 5.41) is 15.3. The molecule has 0 spiro atoms. The molecule has 0 amide bonds. The lowest BCUT2D eigenvalue weighted by Crippen LogP contribution is -2.03. The minimum atomic E-state index is 0.352. The molecule has 1 aromatic carbocycles. The summed E-state index contributed by atoms with van der Waals surface area (Å²) in [4.78, 5) is 0. The van der Waals surface area contributed by atoms with Gasteiger partial charge in [0, 0.05) is 12.1 Å². The van der Waals surface area contributed by atoms with E-state index >= 15 is 0 Å². The van der Waals surface area contributed by atoms with Crippen LogP contribution in [0.1, 0.15) is 44.9 Å². The van der Waals surface area contributed by atoms with Crippen molar-refractivity contribution >= 4 is 0 Å². The Kier molecular flexibility index (Phi) is 5.05. The van der Waals surface area contributed by atoms with E-state index in [4.69, 9.17) is 0 Å². The Morgan fingerprint density at radius 1 is 1.29 bits per heavy atom.